The van der Waals surface area contributed by atoms with Gasteiger partial charge in [-0.25, -0.2) is 0 Å². The monoisotopic (exact) mass is 235 g/mol. The summed E-state index contributed by atoms with van der Waals surface area (Å²) < 4.78 is -0.833. The molecule has 2 nitrogen and oxygen atoms in total. The van der Waals surface area contributed by atoms with Crippen LogP contribution in [0.5, 0.6) is 0 Å². The summed E-state index contributed by atoms with van der Waals surface area (Å²) in [6.45, 7) is 0. The van der Waals surface area contributed by atoms with E-state index in [0.717, 1.165) is 16.9 Å². The van der Waals surface area contributed by atoms with Gasteiger partial charge in [-0.3, -0.25) is 0 Å². The van der Waals surface area contributed by atoms with Crippen LogP contribution in [0.3, 0.4) is 0 Å². The average molecular weight is 233 g/mol. The van der Waals surface area contributed by atoms with Crippen LogP contribution in [0.2, 0.25) is 0 Å². The van der Waals surface area contributed by atoms with E-state index in [1.165, 1.54) is 0 Å². The molecule has 0 rings (SSSR count). The molecule has 4 heteroatoms. The molecular formula is CH2AsCdO2. The molecule has 0 aliphatic carbocycles. The SMILES string of the molecule is O=C(O)[AsH].[Cd]. The van der Waals surface area contributed by atoms with E-state index < -0.39 is 4.76 Å². The molecule has 0 aliphatic heterocycles. The number of rotatable bonds is 0. The van der Waals surface area contributed by atoms with Crippen molar-refractivity contribution in [2.24, 2.45) is 0 Å². The minimum absolute atomic E-state index is 0. The largest absolute Gasteiger partial charge is 0 e. The van der Waals surface area contributed by atoms with Gasteiger partial charge in [0.2, 0.25) is 0 Å². The maximum atomic E-state index is 9.00. The summed E-state index contributed by atoms with van der Waals surface area (Å²) in [6.07, 6.45) is 0. The molecule has 0 aromatic carbocycles. The van der Waals surface area contributed by atoms with Gasteiger partial charge in [0.1, 0.15) is 0 Å². The molecule has 0 spiro atoms. The van der Waals surface area contributed by atoms with Gasteiger partial charge < -0.3 is 0 Å². The predicted molar refractivity (Wildman–Crippen MR) is 15.2 cm³/mol. The molecule has 1 N–H and O–H groups in total. The van der Waals surface area contributed by atoms with Gasteiger partial charge in [0.05, 0.1) is 0 Å². The Hall–Kier alpha value is 0.951. The molecule has 25 valence electrons. The molecule has 0 amide bonds. The number of hydrogen-bond acceptors (Lipinski definition) is 1. The molecule has 0 saturated carbocycles. The van der Waals surface area contributed by atoms with E-state index in [9.17, 15) is 0 Å². The summed E-state index contributed by atoms with van der Waals surface area (Å²) in [5, 5.41) is 7.42. The third kappa shape index (κ3) is 47.7. The normalized spacial score (nSPS) is 5.00. The van der Waals surface area contributed by atoms with E-state index in [2.05, 4.69) is 0 Å². The second-order valence-corrected chi connectivity index (χ2v) is 1.20. The Morgan fingerprint density at radius 2 is 1.80 bits per heavy atom. The van der Waals surface area contributed by atoms with Crippen LogP contribution in [-0.4, -0.2) is 26.7 Å². The quantitative estimate of drug-likeness (QED) is 0.576. The predicted octanol–water partition coefficient (Wildman–Crippen LogP) is -0.437. The van der Waals surface area contributed by atoms with Crippen LogP contribution in [0.15, 0.2) is 0 Å². The molecule has 5 heavy (non-hydrogen) atoms. The first kappa shape index (κ1) is 9.34. The van der Waals surface area contributed by atoms with Gasteiger partial charge in [0, 0.05) is 27.3 Å². The minimum Gasteiger partial charge on any atom is 0 e. The maximum absolute atomic E-state index is 9.00. The molecule has 0 saturated heterocycles. The molecule has 0 aromatic rings. The summed E-state index contributed by atoms with van der Waals surface area (Å²) >= 11 is 1.08. The first-order chi connectivity index (χ1) is 1.73. The van der Waals surface area contributed by atoms with Crippen LogP contribution in [0.4, 0.5) is 4.79 Å². The first-order valence-corrected chi connectivity index (χ1v) is 1.73. The van der Waals surface area contributed by atoms with Crippen molar-refractivity contribution in [3.05, 3.63) is 0 Å². The van der Waals surface area contributed by atoms with E-state index >= 15 is 0 Å². The Bertz CT molecular complexity index is 32.6. The Morgan fingerprint density at radius 1 is 1.80 bits per heavy atom. The summed E-state index contributed by atoms with van der Waals surface area (Å²) in [5.74, 6) is 0. The fraction of sp³-hybridized carbons (Fsp3) is 0. The molecule has 0 aliphatic rings. The molecule has 0 heterocycles. The average Bonchev–Trinajstić information content (AvgIpc) is 0.811. The molecule has 1 radical (unpaired) electrons. The molecule has 0 aromatic heterocycles. The van der Waals surface area contributed by atoms with E-state index in [0.29, 0.717) is 0 Å². The van der Waals surface area contributed by atoms with Gasteiger partial charge in [0.25, 0.3) is 0 Å². The zero-order valence-corrected chi connectivity index (χ0v) is 8.70. The number of hydrogen-bond donors (Lipinski definition) is 1. The van der Waals surface area contributed by atoms with Gasteiger partial charge in [-0.05, 0) is 0 Å². The third-order valence-corrected chi connectivity index (χ3v) is 0. The van der Waals surface area contributed by atoms with Gasteiger partial charge in [-0.2, -0.15) is 0 Å². The van der Waals surface area contributed by atoms with Gasteiger partial charge in [0.15, 0.2) is 0 Å². The zero-order chi connectivity index (χ0) is 3.58. The van der Waals surface area contributed by atoms with Crippen molar-refractivity contribution in [2.75, 3.05) is 0 Å². The van der Waals surface area contributed by atoms with Crippen molar-refractivity contribution >= 4 is 21.6 Å². The van der Waals surface area contributed by atoms with Crippen molar-refractivity contribution in [3.63, 3.8) is 0 Å². The molecule has 0 bridgehead atoms. The van der Waals surface area contributed by atoms with Crippen molar-refractivity contribution in [1.29, 1.82) is 0 Å². The first-order valence-electron chi connectivity index (χ1n) is 0.678. The molecule has 0 unspecified atom stereocenters. The van der Waals surface area contributed by atoms with Crippen molar-refractivity contribution in [3.8, 4) is 0 Å². The Labute approximate surface area is 58.6 Å². The van der Waals surface area contributed by atoms with Crippen molar-refractivity contribution in [1.82, 2.24) is 0 Å². The van der Waals surface area contributed by atoms with Crippen molar-refractivity contribution < 1.29 is 37.2 Å². The Kier molecular flexibility index (Phi) is 9.25. The third-order valence-electron chi connectivity index (χ3n) is 0. The summed E-state index contributed by atoms with van der Waals surface area (Å²) in [4.78, 5) is 9.00. The second-order valence-electron chi connectivity index (χ2n) is 0.305. The number of carboxylic acid groups (broad SMARTS) is 1. The molecule has 0 atom stereocenters. The van der Waals surface area contributed by atoms with Crippen LogP contribution < -0.4 is 0 Å². The van der Waals surface area contributed by atoms with Gasteiger partial charge in [-0.15, -0.1) is 0 Å². The summed E-state index contributed by atoms with van der Waals surface area (Å²) in [7, 11) is 0. The van der Waals surface area contributed by atoms with E-state index in [1.54, 1.807) is 0 Å². The fourth-order valence-corrected chi connectivity index (χ4v) is 0. The molecule has 0 fully saturated rings. The van der Waals surface area contributed by atoms with E-state index in [-0.39, 0.29) is 27.3 Å². The fourth-order valence-electron chi connectivity index (χ4n) is 0. The topological polar surface area (TPSA) is 37.3 Å². The van der Waals surface area contributed by atoms with Gasteiger partial charge >= 0.3 is 31.5 Å². The summed E-state index contributed by atoms with van der Waals surface area (Å²) in [5.41, 5.74) is 0. The zero-order valence-electron chi connectivity index (χ0n) is 2.56. The van der Waals surface area contributed by atoms with Gasteiger partial charge in [-0.1, -0.05) is 0 Å². The van der Waals surface area contributed by atoms with Crippen LogP contribution >= 0.6 is 0 Å². The Balaban J connectivity index is 0. The summed E-state index contributed by atoms with van der Waals surface area (Å²) in [6, 6.07) is 0. The molecular weight excluding hydrogens is 231 g/mol. The minimum atomic E-state index is -0.833. The van der Waals surface area contributed by atoms with E-state index in [4.69, 9.17) is 9.90 Å². The van der Waals surface area contributed by atoms with Crippen LogP contribution in [0, 0.1) is 0 Å². The van der Waals surface area contributed by atoms with Crippen molar-refractivity contribution in [2.45, 2.75) is 0 Å². The second kappa shape index (κ2) is 4.95. The maximum Gasteiger partial charge on any atom is 0 e. The van der Waals surface area contributed by atoms with Crippen LogP contribution in [0.1, 0.15) is 0 Å². The Morgan fingerprint density at radius 3 is 1.80 bits per heavy atom. The van der Waals surface area contributed by atoms with E-state index in [1.807, 2.05) is 0 Å². The number of carbonyl (C=O) groups is 1. The van der Waals surface area contributed by atoms with Crippen LogP contribution in [-0.2, 0) is 27.3 Å². The smallest absolute Gasteiger partial charge is 0 e. The standard InChI is InChI=1S/CH2AsO2.Cd/c2-1(3)4;/h2H,(H,3,4);. The van der Waals surface area contributed by atoms with Crippen LogP contribution in [0.25, 0.3) is 0 Å².